The van der Waals surface area contributed by atoms with Gasteiger partial charge in [0.05, 0.1) is 0 Å². The third kappa shape index (κ3) is 1.42. The van der Waals surface area contributed by atoms with Crippen LogP contribution in [0.15, 0.2) is 29.2 Å². The molecule has 0 aromatic heterocycles. The molecule has 0 bridgehead atoms. The zero-order valence-corrected chi connectivity index (χ0v) is 9.11. The van der Waals surface area contributed by atoms with Crippen LogP contribution in [-0.2, 0) is 0 Å². The summed E-state index contributed by atoms with van der Waals surface area (Å²) in [6, 6.07) is 10.6. The second-order valence-corrected chi connectivity index (χ2v) is 7.16. The third-order valence-electron chi connectivity index (χ3n) is 2.23. The Bertz CT molecular complexity index is 389. The Labute approximate surface area is 82.6 Å². The predicted molar refractivity (Wildman–Crippen MR) is 55.4 cm³/mol. The summed E-state index contributed by atoms with van der Waals surface area (Å²) in [5.74, 6) is 2.21. The average molecular weight is 235 g/mol. The van der Waals surface area contributed by atoms with E-state index in [4.69, 9.17) is 5.26 Å². The molecule has 0 amide bonds. The molecule has 1 nitrogen and oxygen atoms in total. The van der Waals surface area contributed by atoms with Gasteiger partial charge in [-0.25, -0.2) is 0 Å². The molecule has 0 fully saturated rings. The SMILES string of the molecule is C[Se]1C=Cc2ccccc2C1C#N. The average Bonchev–Trinajstić information content (AvgIpc) is 2.18. The fourth-order valence-electron chi connectivity index (χ4n) is 1.51. The molecule has 1 heterocycles. The summed E-state index contributed by atoms with van der Waals surface area (Å²) in [4.78, 5) is 2.39. The molecule has 0 saturated carbocycles. The summed E-state index contributed by atoms with van der Waals surface area (Å²) in [6.45, 7) is 0. The van der Waals surface area contributed by atoms with Crippen molar-refractivity contribution in [3.8, 4) is 6.07 Å². The Balaban J connectivity index is 2.55. The van der Waals surface area contributed by atoms with Crippen LogP contribution >= 0.6 is 0 Å². The van der Waals surface area contributed by atoms with Gasteiger partial charge in [0, 0.05) is 0 Å². The van der Waals surface area contributed by atoms with E-state index in [1.807, 2.05) is 12.1 Å². The molecule has 1 unspecified atom stereocenters. The van der Waals surface area contributed by atoms with Crippen molar-refractivity contribution in [1.82, 2.24) is 0 Å². The number of hydrogen-bond donors (Lipinski definition) is 0. The summed E-state index contributed by atoms with van der Waals surface area (Å²) < 4.78 is 0. The maximum atomic E-state index is 9.06. The number of rotatable bonds is 0. The summed E-state index contributed by atoms with van der Waals surface area (Å²) in [5, 5.41) is 9.06. The number of nitrogens with zero attached hydrogens (tertiary/aromatic N) is 1. The number of hydrogen-bond acceptors (Lipinski definition) is 1. The van der Waals surface area contributed by atoms with Crippen molar-refractivity contribution in [2.45, 2.75) is 10.6 Å². The zero-order chi connectivity index (χ0) is 9.26. The monoisotopic (exact) mass is 236 g/mol. The second-order valence-electron chi connectivity index (χ2n) is 3.05. The minimum atomic E-state index is -0.856. The van der Waals surface area contributed by atoms with Gasteiger partial charge in [0.25, 0.3) is 0 Å². The van der Waals surface area contributed by atoms with Gasteiger partial charge < -0.3 is 0 Å². The van der Waals surface area contributed by atoms with Gasteiger partial charge in [-0.05, 0) is 0 Å². The van der Waals surface area contributed by atoms with E-state index in [2.05, 4.69) is 35.1 Å². The van der Waals surface area contributed by atoms with Gasteiger partial charge in [0.1, 0.15) is 0 Å². The Hall–Kier alpha value is -1.03. The van der Waals surface area contributed by atoms with E-state index in [9.17, 15) is 0 Å². The van der Waals surface area contributed by atoms with Crippen LogP contribution in [0.1, 0.15) is 15.9 Å². The van der Waals surface area contributed by atoms with Crippen LogP contribution in [0.5, 0.6) is 0 Å². The van der Waals surface area contributed by atoms with Crippen LogP contribution in [-0.4, -0.2) is 13.9 Å². The molecule has 1 aliphatic rings. The van der Waals surface area contributed by atoms with Gasteiger partial charge in [-0.3, -0.25) is 0 Å². The van der Waals surface area contributed by atoms with Crippen LogP contribution in [0.3, 0.4) is 0 Å². The van der Waals surface area contributed by atoms with Crippen molar-refractivity contribution in [2.24, 2.45) is 0 Å². The molecule has 2 heteroatoms. The molecular weight excluding hydrogens is 225 g/mol. The van der Waals surface area contributed by atoms with Gasteiger partial charge in [0.15, 0.2) is 0 Å². The molecule has 1 aliphatic heterocycles. The first-order chi connectivity index (χ1) is 6.33. The molecule has 2 rings (SSSR count). The molecule has 0 N–H and O–H groups in total. The molecule has 1 radical (unpaired) electrons. The van der Waals surface area contributed by atoms with Crippen molar-refractivity contribution in [3.63, 3.8) is 0 Å². The summed E-state index contributed by atoms with van der Waals surface area (Å²) >= 11 is -0.856. The van der Waals surface area contributed by atoms with Crippen molar-refractivity contribution in [3.05, 3.63) is 40.4 Å². The first-order valence-electron chi connectivity index (χ1n) is 4.13. The first-order valence-corrected chi connectivity index (χ1v) is 7.82. The van der Waals surface area contributed by atoms with E-state index in [1.165, 1.54) is 11.1 Å². The van der Waals surface area contributed by atoms with Crippen molar-refractivity contribution in [2.75, 3.05) is 0 Å². The normalized spacial score (nSPS) is 20.8. The van der Waals surface area contributed by atoms with Crippen molar-refractivity contribution < 1.29 is 0 Å². The first kappa shape index (κ1) is 8.56. The van der Waals surface area contributed by atoms with Gasteiger partial charge in [-0.1, -0.05) is 0 Å². The third-order valence-corrected chi connectivity index (χ3v) is 5.73. The fraction of sp³-hybridized carbons (Fsp3) is 0.182. The molecule has 1 aromatic carbocycles. The van der Waals surface area contributed by atoms with Crippen LogP contribution in [0, 0.1) is 11.3 Å². The topological polar surface area (TPSA) is 23.8 Å². The van der Waals surface area contributed by atoms with Crippen LogP contribution in [0.2, 0.25) is 5.82 Å². The maximum absolute atomic E-state index is 9.06. The van der Waals surface area contributed by atoms with Crippen LogP contribution in [0.4, 0.5) is 0 Å². The van der Waals surface area contributed by atoms with Crippen LogP contribution < -0.4 is 0 Å². The molecular formula is C11H10NSe. The minimum absolute atomic E-state index is 0.154. The zero-order valence-electron chi connectivity index (χ0n) is 7.40. The number of benzene rings is 1. The standard InChI is InChI=1S/C11H10NSe/c1-13-7-6-9-4-2-3-5-10(9)11(13)8-12/h2-7,11H,1H3. The van der Waals surface area contributed by atoms with Gasteiger partial charge in [0.2, 0.25) is 0 Å². The Kier molecular flexibility index (Phi) is 2.22. The van der Waals surface area contributed by atoms with E-state index >= 15 is 0 Å². The molecule has 65 valence electrons. The fourth-order valence-corrected chi connectivity index (χ4v) is 4.24. The molecule has 1 aromatic rings. The van der Waals surface area contributed by atoms with E-state index in [1.54, 1.807) is 0 Å². The molecule has 0 aliphatic carbocycles. The summed E-state index contributed by atoms with van der Waals surface area (Å²) in [6.07, 6.45) is 2.16. The van der Waals surface area contributed by atoms with Gasteiger partial charge >= 0.3 is 82.3 Å². The summed E-state index contributed by atoms with van der Waals surface area (Å²) in [5.41, 5.74) is 2.44. The van der Waals surface area contributed by atoms with Gasteiger partial charge in [-0.2, -0.15) is 0 Å². The van der Waals surface area contributed by atoms with Gasteiger partial charge in [-0.15, -0.1) is 0 Å². The molecule has 0 spiro atoms. The number of fused-ring (bicyclic) bond motifs is 1. The van der Waals surface area contributed by atoms with Crippen molar-refractivity contribution in [1.29, 1.82) is 5.26 Å². The van der Waals surface area contributed by atoms with Crippen LogP contribution in [0.25, 0.3) is 6.08 Å². The molecule has 1 atom stereocenters. The number of nitriles is 1. The summed E-state index contributed by atoms with van der Waals surface area (Å²) in [7, 11) is 0. The Morgan fingerprint density at radius 1 is 1.38 bits per heavy atom. The van der Waals surface area contributed by atoms with E-state index in [-0.39, 0.29) is 4.82 Å². The van der Waals surface area contributed by atoms with Crippen molar-refractivity contribution >= 4 is 20.0 Å². The Morgan fingerprint density at radius 3 is 2.92 bits per heavy atom. The van der Waals surface area contributed by atoms with E-state index < -0.39 is 13.9 Å². The second kappa shape index (κ2) is 3.38. The van der Waals surface area contributed by atoms with E-state index in [0.29, 0.717) is 0 Å². The predicted octanol–water partition coefficient (Wildman–Crippen LogP) is 2.52. The molecule has 0 saturated heterocycles. The Morgan fingerprint density at radius 2 is 2.15 bits per heavy atom. The van der Waals surface area contributed by atoms with E-state index in [0.717, 1.165) is 0 Å². The molecule has 13 heavy (non-hydrogen) atoms. The quantitative estimate of drug-likeness (QED) is 0.634.